The molecule has 1 heterocycles. The maximum atomic E-state index is 6.24. The summed E-state index contributed by atoms with van der Waals surface area (Å²) in [6.07, 6.45) is 3.67. The first kappa shape index (κ1) is 14.5. The van der Waals surface area contributed by atoms with Crippen LogP contribution in [-0.2, 0) is 6.54 Å². The largest absolute Gasteiger partial charge is 0.497 e. The SMILES string of the molecule is COc1ccc(C(N)CN(C)Cc2cccnc2)cc1. The highest BCUT2D eigenvalue weighted by molar-refractivity contribution is 5.29. The van der Waals surface area contributed by atoms with Gasteiger partial charge in [0.2, 0.25) is 0 Å². The number of nitrogens with two attached hydrogens (primary N) is 1. The van der Waals surface area contributed by atoms with Crippen LogP contribution in [0.4, 0.5) is 0 Å². The lowest BCUT2D eigenvalue weighted by Crippen LogP contribution is -2.28. The molecule has 2 aromatic rings. The molecule has 4 heteroatoms. The molecule has 4 nitrogen and oxygen atoms in total. The number of nitrogens with zero attached hydrogens (tertiary/aromatic N) is 2. The van der Waals surface area contributed by atoms with Crippen molar-refractivity contribution in [2.75, 3.05) is 20.7 Å². The number of rotatable bonds is 6. The third-order valence-electron chi connectivity index (χ3n) is 3.23. The Morgan fingerprint density at radius 2 is 2.00 bits per heavy atom. The van der Waals surface area contributed by atoms with Crippen molar-refractivity contribution in [2.24, 2.45) is 5.73 Å². The Balaban J connectivity index is 1.91. The summed E-state index contributed by atoms with van der Waals surface area (Å²) in [5, 5.41) is 0. The third kappa shape index (κ3) is 4.05. The van der Waals surface area contributed by atoms with Crippen LogP contribution in [0.15, 0.2) is 48.8 Å². The first-order valence-corrected chi connectivity index (χ1v) is 6.66. The summed E-state index contributed by atoms with van der Waals surface area (Å²) in [6, 6.07) is 11.9. The number of benzene rings is 1. The van der Waals surface area contributed by atoms with Crippen molar-refractivity contribution in [3.8, 4) is 5.75 Å². The highest BCUT2D eigenvalue weighted by Gasteiger charge is 2.10. The summed E-state index contributed by atoms with van der Waals surface area (Å²) < 4.78 is 5.15. The van der Waals surface area contributed by atoms with Gasteiger partial charge in [-0.1, -0.05) is 18.2 Å². The van der Waals surface area contributed by atoms with Gasteiger partial charge in [0.05, 0.1) is 7.11 Å². The highest BCUT2D eigenvalue weighted by atomic mass is 16.5. The second-order valence-corrected chi connectivity index (χ2v) is 4.94. The first-order valence-electron chi connectivity index (χ1n) is 6.66. The van der Waals surface area contributed by atoms with E-state index in [0.29, 0.717) is 0 Å². The number of likely N-dealkylation sites (N-methyl/N-ethyl adjacent to an activating group) is 1. The van der Waals surface area contributed by atoms with Gasteiger partial charge in [-0.15, -0.1) is 0 Å². The van der Waals surface area contributed by atoms with Gasteiger partial charge in [0.15, 0.2) is 0 Å². The van der Waals surface area contributed by atoms with Crippen LogP contribution in [0.1, 0.15) is 17.2 Å². The molecule has 0 aliphatic rings. The predicted molar refractivity (Wildman–Crippen MR) is 80.5 cm³/mol. The van der Waals surface area contributed by atoms with Crippen molar-refractivity contribution >= 4 is 0 Å². The van der Waals surface area contributed by atoms with Crippen molar-refractivity contribution in [1.29, 1.82) is 0 Å². The second-order valence-electron chi connectivity index (χ2n) is 4.94. The Hall–Kier alpha value is -1.91. The van der Waals surface area contributed by atoms with Crippen LogP contribution in [0.25, 0.3) is 0 Å². The van der Waals surface area contributed by atoms with E-state index >= 15 is 0 Å². The van der Waals surface area contributed by atoms with E-state index in [1.807, 2.05) is 36.5 Å². The molecule has 20 heavy (non-hydrogen) atoms. The number of hydrogen-bond donors (Lipinski definition) is 1. The van der Waals surface area contributed by atoms with E-state index in [1.54, 1.807) is 13.3 Å². The van der Waals surface area contributed by atoms with E-state index in [4.69, 9.17) is 10.5 Å². The van der Waals surface area contributed by atoms with Crippen LogP contribution in [0.2, 0.25) is 0 Å². The minimum atomic E-state index is -0.0115. The minimum Gasteiger partial charge on any atom is -0.497 e. The molecular weight excluding hydrogens is 250 g/mol. The van der Waals surface area contributed by atoms with Crippen molar-refractivity contribution in [2.45, 2.75) is 12.6 Å². The van der Waals surface area contributed by atoms with E-state index in [2.05, 4.69) is 23.0 Å². The topological polar surface area (TPSA) is 51.4 Å². The zero-order valence-corrected chi connectivity index (χ0v) is 12.0. The Bertz CT molecular complexity index is 513. The molecule has 0 bridgehead atoms. The molecule has 1 atom stereocenters. The number of hydrogen-bond acceptors (Lipinski definition) is 4. The molecule has 0 saturated heterocycles. The Morgan fingerprint density at radius 3 is 2.60 bits per heavy atom. The fourth-order valence-corrected chi connectivity index (χ4v) is 2.16. The maximum absolute atomic E-state index is 6.24. The Morgan fingerprint density at radius 1 is 1.25 bits per heavy atom. The molecular formula is C16H21N3O. The fraction of sp³-hybridized carbons (Fsp3) is 0.312. The van der Waals surface area contributed by atoms with Crippen LogP contribution < -0.4 is 10.5 Å². The van der Waals surface area contributed by atoms with Crippen LogP contribution in [-0.4, -0.2) is 30.6 Å². The van der Waals surface area contributed by atoms with Gasteiger partial charge in [-0.25, -0.2) is 0 Å². The standard InChI is InChI=1S/C16H21N3O/c1-19(11-13-4-3-9-18-10-13)12-16(17)14-5-7-15(20-2)8-6-14/h3-10,16H,11-12,17H2,1-2H3. The number of methoxy groups -OCH3 is 1. The average molecular weight is 271 g/mol. The van der Waals surface area contributed by atoms with Crippen LogP contribution in [0, 0.1) is 0 Å². The molecule has 2 rings (SSSR count). The molecule has 0 aliphatic carbocycles. The van der Waals surface area contributed by atoms with Gasteiger partial charge in [0.25, 0.3) is 0 Å². The first-order chi connectivity index (χ1) is 9.69. The molecule has 1 aromatic heterocycles. The molecule has 0 fully saturated rings. The van der Waals surface area contributed by atoms with Gasteiger partial charge in [-0.05, 0) is 36.4 Å². The Labute approximate surface area is 120 Å². The molecule has 1 aromatic carbocycles. The number of aromatic nitrogens is 1. The molecule has 0 aliphatic heterocycles. The van der Waals surface area contributed by atoms with Crippen LogP contribution >= 0.6 is 0 Å². The van der Waals surface area contributed by atoms with Crippen molar-refractivity contribution in [1.82, 2.24) is 9.88 Å². The second kappa shape index (κ2) is 7.03. The molecule has 1 unspecified atom stereocenters. The van der Waals surface area contributed by atoms with E-state index in [-0.39, 0.29) is 6.04 Å². The van der Waals surface area contributed by atoms with E-state index in [1.165, 1.54) is 5.56 Å². The van der Waals surface area contributed by atoms with Gasteiger partial charge in [-0.3, -0.25) is 4.98 Å². The highest BCUT2D eigenvalue weighted by Crippen LogP contribution is 2.17. The average Bonchev–Trinajstić information content (AvgIpc) is 2.48. The molecule has 106 valence electrons. The summed E-state index contributed by atoms with van der Waals surface area (Å²) in [5.74, 6) is 0.852. The van der Waals surface area contributed by atoms with E-state index < -0.39 is 0 Å². The van der Waals surface area contributed by atoms with E-state index in [0.717, 1.165) is 24.4 Å². The molecule has 2 N–H and O–H groups in total. The lowest BCUT2D eigenvalue weighted by molar-refractivity contribution is 0.305. The maximum Gasteiger partial charge on any atom is 0.118 e. The van der Waals surface area contributed by atoms with Crippen LogP contribution in [0.3, 0.4) is 0 Å². The fourth-order valence-electron chi connectivity index (χ4n) is 2.16. The zero-order chi connectivity index (χ0) is 14.4. The molecule has 0 saturated carbocycles. The molecule has 0 spiro atoms. The smallest absolute Gasteiger partial charge is 0.118 e. The van der Waals surface area contributed by atoms with Gasteiger partial charge in [0, 0.05) is 31.5 Å². The predicted octanol–water partition coefficient (Wildman–Crippen LogP) is 2.22. The summed E-state index contributed by atoms with van der Waals surface area (Å²) in [6.45, 7) is 1.64. The normalized spacial score (nSPS) is 12.4. The summed E-state index contributed by atoms with van der Waals surface area (Å²) in [4.78, 5) is 6.32. The van der Waals surface area contributed by atoms with Gasteiger partial charge in [-0.2, -0.15) is 0 Å². The Kier molecular flexibility index (Phi) is 5.09. The number of ether oxygens (including phenoxy) is 1. The zero-order valence-electron chi connectivity index (χ0n) is 12.0. The molecule has 0 amide bonds. The van der Waals surface area contributed by atoms with Crippen molar-refractivity contribution < 1.29 is 4.74 Å². The van der Waals surface area contributed by atoms with Gasteiger partial charge >= 0.3 is 0 Å². The lowest BCUT2D eigenvalue weighted by atomic mass is 10.1. The van der Waals surface area contributed by atoms with Crippen LogP contribution in [0.5, 0.6) is 5.75 Å². The lowest BCUT2D eigenvalue weighted by Gasteiger charge is -2.21. The third-order valence-corrected chi connectivity index (χ3v) is 3.23. The quantitative estimate of drug-likeness (QED) is 0.875. The summed E-state index contributed by atoms with van der Waals surface area (Å²) in [5.41, 5.74) is 8.55. The summed E-state index contributed by atoms with van der Waals surface area (Å²) >= 11 is 0. The summed E-state index contributed by atoms with van der Waals surface area (Å²) in [7, 11) is 3.73. The molecule has 0 radical (unpaired) electrons. The minimum absolute atomic E-state index is 0.0115. The van der Waals surface area contributed by atoms with Crippen molar-refractivity contribution in [3.63, 3.8) is 0 Å². The van der Waals surface area contributed by atoms with Gasteiger partial charge < -0.3 is 15.4 Å². The van der Waals surface area contributed by atoms with E-state index in [9.17, 15) is 0 Å². The monoisotopic (exact) mass is 271 g/mol. The van der Waals surface area contributed by atoms with Gasteiger partial charge in [0.1, 0.15) is 5.75 Å². The number of pyridine rings is 1. The van der Waals surface area contributed by atoms with Crippen molar-refractivity contribution in [3.05, 3.63) is 59.9 Å².